The maximum Gasteiger partial charge on any atom is 0.422 e. The number of benzene rings is 2. The lowest BCUT2D eigenvalue weighted by atomic mass is 10.1. The van der Waals surface area contributed by atoms with E-state index in [1.54, 1.807) is 24.3 Å². The van der Waals surface area contributed by atoms with Crippen LogP contribution in [0.4, 0.5) is 30.8 Å². The Morgan fingerprint density at radius 1 is 0.945 bits per heavy atom. The molecular weight excluding hydrogens is 749 g/mol. The van der Waals surface area contributed by atoms with Gasteiger partial charge in [-0.15, -0.1) is 0 Å². The van der Waals surface area contributed by atoms with E-state index in [9.17, 15) is 32.3 Å². The lowest BCUT2D eigenvalue weighted by Crippen LogP contribution is -2.44. The number of Topliss-reactive ketones (excluding diaryl/α,β-unsaturated/α-hetero) is 1. The topological polar surface area (TPSA) is 196 Å². The van der Waals surface area contributed by atoms with Gasteiger partial charge in [0.2, 0.25) is 23.6 Å². The number of esters is 1. The van der Waals surface area contributed by atoms with E-state index in [4.69, 9.17) is 25.8 Å². The van der Waals surface area contributed by atoms with Gasteiger partial charge in [-0.2, -0.15) is 28.1 Å². The fourth-order valence-corrected chi connectivity index (χ4v) is 5.29. The van der Waals surface area contributed by atoms with Crippen molar-refractivity contribution in [2.24, 2.45) is 0 Å². The van der Waals surface area contributed by atoms with Crippen LogP contribution in [0.25, 0.3) is 0 Å². The smallest absolute Gasteiger partial charge is 0.422 e. The number of amides is 2. The first-order valence-electron chi connectivity index (χ1n) is 16.3. The summed E-state index contributed by atoms with van der Waals surface area (Å²) in [5.41, 5.74) is 1.24. The molecule has 2 amide bonds. The number of halogens is 4. The summed E-state index contributed by atoms with van der Waals surface area (Å²) in [7, 11) is 2.52. The van der Waals surface area contributed by atoms with Crippen LogP contribution < -0.4 is 30.7 Å². The Balaban J connectivity index is 0.00000673. The Labute approximate surface area is 318 Å². The number of pyridine rings is 1. The molecule has 2 aromatic heterocycles. The van der Waals surface area contributed by atoms with Crippen molar-refractivity contribution >= 4 is 52.8 Å². The predicted octanol–water partition coefficient (Wildman–Crippen LogP) is 4.94. The average molecular weight is 787 g/mol. The molecule has 2 aromatic carbocycles. The number of rotatable bonds is 17. The Kier molecular flexibility index (Phi) is 13.9. The van der Waals surface area contributed by atoms with E-state index in [1.165, 1.54) is 37.6 Å². The molecule has 1 aliphatic carbocycles. The molecule has 0 spiro atoms. The van der Waals surface area contributed by atoms with Crippen LogP contribution in [0, 0.1) is 0 Å². The van der Waals surface area contributed by atoms with Gasteiger partial charge in [-0.25, -0.2) is 9.78 Å². The van der Waals surface area contributed by atoms with E-state index >= 15 is 0 Å². The number of ketones is 1. The third-order valence-corrected chi connectivity index (χ3v) is 8.29. The quantitative estimate of drug-likeness (QED) is 0.0831. The van der Waals surface area contributed by atoms with E-state index in [0.29, 0.717) is 29.1 Å². The fourth-order valence-electron chi connectivity index (χ4n) is 5.16. The van der Waals surface area contributed by atoms with Crippen LogP contribution in [0.5, 0.6) is 11.9 Å². The number of nitrogens with zero attached hydrogens (tertiary/aromatic N) is 4. The van der Waals surface area contributed by atoms with E-state index in [-0.39, 0.29) is 50.2 Å². The molecule has 0 saturated heterocycles. The number of anilines is 3. The second-order valence-corrected chi connectivity index (χ2v) is 12.4. The fraction of sp³-hybridized carbons (Fsp3) is 0.333. The van der Waals surface area contributed by atoms with E-state index in [1.807, 2.05) is 12.1 Å². The Morgan fingerprint density at radius 2 is 1.64 bits per heavy atom. The molecule has 292 valence electrons. The molecule has 0 radical (unpaired) electrons. The molecular formula is C36H38ClF3N8O7. The van der Waals surface area contributed by atoms with E-state index < -0.39 is 53.9 Å². The summed E-state index contributed by atoms with van der Waals surface area (Å²) >= 11 is 6.03. The number of methoxy groups -OCH3 is 2. The number of alkyl halides is 3. The van der Waals surface area contributed by atoms with Gasteiger partial charge in [-0.05, 0) is 67.3 Å². The number of nitrogens with one attached hydrogen (secondary N) is 4. The molecule has 2 heterocycles. The van der Waals surface area contributed by atoms with Crippen molar-refractivity contribution in [1.82, 2.24) is 30.6 Å². The molecule has 55 heavy (non-hydrogen) atoms. The molecule has 1 fully saturated rings. The lowest BCUT2D eigenvalue weighted by Gasteiger charge is -2.19. The van der Waals surface area contributed by atoms with Crippen molar-refractivity contribution in [2.45, 2.75) is 50.9 Å². The van der Waals surface area contributed by atoms with Crippen LogP contribution in [0.15, 0.2) is 66.9 Å². The van der Waals surface area contributed by atoms with Crippen molar-refractivity contribution < 1.29 is 46.6 Å². The van der Waals surface area contributed by atoms with Gasteiger partial charge in [-0.3, -0.25) is 14.4 Å². The van der Waals surface area contributed by atoms with E-state index in [2.05, 4.69) is 41.2 Å². The van der Waals surface area contributed by atoms with Crippen LogP contribution in [-0.2, 0) is 31.1 Å². The molecule has 1 atom stereocenters. The van der Waals surface area contributed by atoms with E-state index in [0.717, 1.165) is 12.7 Å². The van der Waals surface area contributed by atoms with Gasteiger partial charge < -0.3 is 35.5 Å². The molecule has 1 saturated carbocycles. The highest BCUT2D eigenvalue weighted by Crippen LogP contribution is 2.48. The highest BCUT2D eigenvalue weighted by atomic mass is 35.5. The monoisotopic (exact) mass is 786 g/mol. The van der Waals surface area contributed by atoms with Crippen molar-refractivity contribution in [3.05, 3.63) is 88.6 Å². The normalized spacial score (nSPS) is 13.3. The molecule has 4 N–H and O–H groups in total. The zero-order chi connectivity index (χ0) is 38.9. The third-order valence-electron chi connectivity index (χ3n) is 8.04. The van der Waals surface area contributed by atoms with Crippen molar-refractivity contribution in [1.29, 1.82) is 0 Å². The number of aromatic nitrogens is 4. The Hall–Kier alpha value is -6.04. The number of carbonyl (C=O) groups is 4. The maximum absolute atomic E-state index is 13.1. The summed E-state index contributed by atoms with van der Waals surface area (Å²) in [6, 6.07) is 14.4. The van der Waals surface area contributed by atoms with Crippen LogP contribution in [0.1, 0.15) is 48.2 Å². The largest absolute Gasteiger partial charge is 0.481 e. The molecule has 4 aromatic rings. The molecule has 0 aliphatic heterocycles. The minimum absolute atomic E-state index is 0. The van der Waals surface area contributed by atoms with Crippen molar-refractivity contribution in [3.63, 3.8) is 0 Å². The third kappa shape index (κ3) is 11.7. The predicted molar refractivity (Wildman–Crippen MR) is 194 cm³/mol. The standard InChI is InChI=1S/C35H34ClF3N8O7.CH4/c1-52-29-21(4-3-16-41-29)18-26(48)28(50)40-17-13-25(30(51)53-2)43-27(49)20-5-11-24(12-6-20)42-31-44-32(46-33(45-31)54-19-35(37,38)39)47-34(14-15-34)22-7-9-23(36)10-8-22;/h3-12,16,25H,13-15,17-19H2,1-2H3,(H,40,50)(H,43,49)(H2,42,44,45,46,47);1H4/t25-;/m0./s1. The Bertz CT molecular complexity index is 1980. The minimum atomic E-state index is -4.64. The van der Waals surface area contributed by atoms with Crippen LogP contribution in [-0.4, -0.2) is 83.1 Å². The SMILES string of the molecule is C.COC(=O)[C@H](CCNC(=O)C(=O)Cc1cccnc1OC)NC(=O)c1ccc(Nc2nc(NC3(c4ccc(Cl)cc4)CC3)nc(OCC(F)(F)F)n2)cc1. The zero-order valence-corrected chi connectivity index (χ0v) is 29.6. The summed E-state index contributed by atoms with van der Waals surface area (Å²) in [5.74, 6) is -3.05. The first kappa shape index (κ1) is 41.7. The molecule has 0 bridgehead atoms. The molecule has 1 aliphatic rings. The van der Waals surface area contributed by atoms with Gasteiger partial charge in [0.1, 0.15) is 6.04 Å². The van der Waals surface area contributed by atoms with Gasteiger partial charge in [0, 0.05) is 41.0 Å². The highest BCUT2D eigenvalue weighted by molar-refractivity contribution is 6.36. The zero-order valence-electron chi connectivity index (χ0n) is 28.8. The van der Waals surface area contributed by atoms with Gasteiger partial charge >= 0.3 is 18.2 Å². The minimum Gasteiger partial charge on any atom is -0.481 e. The Morgan fingerprint density at radius 3 is 2.27 bits per heavy atom. The summed E-state index contributed by atoms with van der Waals surface area (Å²) < 4.78 is 53.6. The second kappa shape index (κ2) is 18.3. The first-order valence-corrected chi connectivity index (χ1v) is 16.7. The van der Waals surface area contributed by atoms with Gasteiger partial charge in [-0.1, -0.05) is 37.2 Å². The highest BCUT2D eigenvalue weighted by Gasteiger charge is 2.45. The average Bonchev–Trinajstić information content (AvgIpc) is 3.93. The van der Waals surface area contributed by atoms with Crippen molar-refractivity contribution in [2.75, 3.05) is 38.0 Å². The number of carbonyl (C=O) groups excluding carboxylic acids is 4. The summed E-state index contributed by atoms with van der Waals surface area (Å²) in [6.45, 7) is -1.77. The first-order chi connectivity index (χ1) is 25.8. The van der Waals surface area contributed by atoms with Crippen LogP contribution in [0.2, 0.25) is 5.02 Å². The number of hydrogen-bond acceptors (Lipinski definition) is 13. The molecule has 0 unspecified atom stereocenters. The second-order valence-electron chi connectivity index (χ2n) is 12.0. The number of hydrogen-bond donors (Lipinski definition) is 4. The molecule has 15 nitrogen and oxygen atoms in total. The summed E-state index contributed by atoms with van der Waals surface area (Å²) in [5, 5.41) is 11.6. The van der Waals surface area contributed by atoms with Crippen molar-refractivity contribution in [3.8, 4) is 11.9 Å². The van der Waals surface area contributed by atoms with Gasteiger partial charge in [0.25, 0.3) is 11.8 Å². The van der Waals surface area contributed by atoms with Gasteiger partial charge in [0.05, 0.1) is 19.8 Å². The summed E-state index contributed by atoms with van der Waals surface area (Å²) in [4.78, 5) is 66.7. The maximum atomic E-state index is 13.1. The lowest BCUT2D eigenvalue weighted by molar-refractivity contribution is -0.154. The van der Waals surface area contributed by atoms with Crippen LogP contribution in [0.3, 0.4) is 0 Å². The van der Waals surface area contributed by atoms with Crippen LogP contribution >= 0.6 is 11.6 Å². The number of ether oxygens (including phenoxy) is 3. The summed E-state index contributed by atoms with van der Waals surface area (Å²) in [6.07, 6.45) is -2.09. The van der Waals surface area contributed by atoms with Gasteiger partial charge in [0.15, 0.2) is 6.61 Å². The molecule has 5 rings (SSSR count). The molecule has 19 heteroatoms.